The number of alkyl halides is 1. The number of aromatic hydroxyl groups is 1. The Kier molecular flexibility index (Phi) is 5.97. The van der Waals surface area contributed by atoms with Gasteiger partial charge < -0.3 is 10.4 Å². The van der Waals surface area contributed by atoms with Crippen molar-refractivity contribution in [1.82, 2.24) is 5.32 Å². The van der Waals surface area contributed by atoms with Crippen molar-refractivity contribution >= 4 is 21.8 Å². The lowest BCUT2D eigenvalue weighted by Crippen LogP contribution is -2.25. The third-order valence-electron chi connectivity index (χ3n) is 2.31. The summed E-state index contributed by atoms with van der Waals surface area (Å²) >= 11 is 3.32. The minimum atomic E-state index is -0.706. The van der Waals surface area contributed by atoms with Crippen LogP contribution in [0.1, 0.15) is 29.6 Å². The van der Waals surface area contributed by atoms with Gasteiger partial charge in [-0.05, 0) is 25.0 Å². The predicted molar refractivity (Wildman–Crippen MR) is 68.0 cm³/mol. The number of rotatable bonds is 6. The molecule has 0 aliphatic heterocycles. The summed E-state index contributed by atoms with van der Waals surface area (Å²) < 4.78 is 13.3. The van der Waals surface area contributed by atoms with Crippen molar-refractivity contribution in [1.29, 1.82) is 0 Å². The van der Waals surface area contributed by atoms with Crippen molar-refractivity contribution in [2.45, 2.75) is 19.3 Å². The number of unbranched alkanes of at least 4 members (excludes halogenated alkanes) is 2. The quantitative estimate of drug-likeness (QED) is 0.627. The van der Waals surface area contributed by atoms with Crippen molar-refractivity contribution in [2.75, 3.05) is 11.9 Å². The molecule has 94 valence electrons. The largest absolute Gasteiger partial charge is 0.507 e. The van der Waals surface area contributed by atoms with Gasteiger partial charge in [-0.15, -0.1) is 0 Å². The summed E-state index contributed by atoms with van der Waals surface area (Å²) in [5.41, 5.74) is -0.284. The highest BCUT2D eigenvalue weighted by molar-refractivity contribution is 9.09. The van der Waals surface area contributed by atoms with Gasteiger partial charge in [0.2, 0.25) is 0 Å². The minimum Gasteiger partial charge on any atom is -0.507 e. The number of halogens is 2. The van der Waals surface area contributed by atoms with E-state index in [0.29, 0.717) is 6.54 Å². The molecule has 1 rings (SSSR count). The van der Waals surface area contributed by atoms with E-state index in [1.807, 2.05) is 0 Å². The van der Waals surface area contributed by atoms with E-state index in [0.717, 1.165) is 30.7 Å². The molecule has 1 aromatic carbocycles. The summed E-state index contributed by atoms with van der Waals surface area (Å²) in [6.07, 6.45) is 2.88. The Balaban J connectivity index is 2.47. The molecule has 0 saturated heterocycles. The van der Waals surface area contributed by atoms with Crippen LogP contribution in [-0.2, 0) is 0 Å². The first-order valence-corrected chi connectivity index (χ1v) is 6.60. The first kappa shape index (κ1) is 14.0. The fourth-order valence-electron chi connectivity index (χ4n) is 1.42. The summed E-state index contributed by atoms with van der Waals surface area (Å²) in [7, 11) is 0. The molecule has 5 heteroatoms. The summed E-state index contributed by atoms with van der Waals surface area (Å²) in [5, 5.41) is 12.9. The summed E-state index contributed by atoms with van der Waals surface area (Å²) in [4.78, 5) is 11.6. The number of phenols is 1. The van der Waals surface area contributed by atoms with Gasteiger partial charge in [-0.2, -0.15) is 0 Å². The Hall–Kier alpha value is -1.10. The van der Waals surface area contributed by atoms with Crippen LogP contribution >= 0.6 is 15.9 Å². The molecule has 0 aromatic heterocycles. The van der Waals surface area contributed by atoms with Crippen molar-refractivity contribution < 1.29 is 14.3 Å². The average Bonchev–Trinajstić information content (AvgIpc) is 2.28. The molecule has 0 spiro atoms. The number of nitrogens with one attached hydrogen (secondary N) is 1. The maximum atomic E-state index is 13.3. The van der Waals surface area contributed by atoms with Gasteiger partial charge in [0.15, 0.2) is 0 Å². The van der Waals surface area contributed by atoms with E-state index in [9.17, 15) is 14.3 Å². The smallest absolute Gasteiger partial charge is 0.258 e. The molecule has 0 aliphatic rings. The topological polar surface area (TPSA) is 49.3 Å². The van der Waals surface area contributed by atoms with Gasteiger partial charge in [-0.25, -0.2) is 4.39 Å². The van der Waals surface area contributed by atoms with Crippen LogP contribution in [0.25, 0.3) is 0 Å². The van der Waals surface area contributed by atoms with Gasteiger partial charge in [-0.3, -0.25) is 4.79 Å². The third kappa shape index (κ3) is 4.34. The van der Waals surface area contributed by atoms with Crippen LogP contribution in [0.15, 0.2) is 18.2 Å². The van der Waals surface area contributed by atoms with Crippen LogP contribution in [-0.4, -0.2) is 22.9 Å². The van der Waals surface area contributed by atoms with Crippen LogP contribution in [0, 0.1) is 5.82 Å². The molecule has 0 heterocycles. The lowest BCUT2D eigenvalue weighted by molar-refractivity contribution is 0.0946. The first-order valence-electron chi connectivity index (χ1n) is 5.48. The van der Waals surface area contributed by atoms with E-state index in [1.54, 1.807) is 0 Å². The zero-order valence-corrected chi connectivity index (χ0v) is 11.0. The highest BCUT2D eigenvalue weighted by atomic mass is 79.9. The molecule has 1 amide bonds. The van der Waals surface area contributed by atoms with E-state index >= 15 is 0 Å². The number of benzene rings is 1. The van der Waals surface area contributed by atoms with Crippen molar-refractivity contribution in [3.8, 4) is 5.75 Å². The second-order valence-corrected chi connectivity index (χ2v) is 4.43. The van der Waals surface area contributed by atoms with Crippen LogP contribution in [0.5, 0.6) is 5.75 Å². The lowest BCUT2D eigenvalue weighted by Gasteiger charge is -2.07. The molecular weight excluding hydrogens is 289 g/mol. The first-order chi connectivity index (χ1) is 8.16. The monoisotopic (exact) mass is 303 g/mol. The number of carbonyl (C=O) groups is 1. The Morgan fingerprint density at radius 3 is 2.76 bits per heavy atom. The van der Waals surface area contributed by atoms with E-state index in [-0.39, 0.29) is 11.3 Å². The Morgan fingerprint density at radius 2 is 2.12 bits per heavy atom. The van der Waals surface area contributed by atoms with Gasteiger partial charge in [0.25, 0.3) is 5.91 Å². The highest BCUT2D eigenvalue weighted by Crippen LogP contribution is 2.19. The van der Waals surface area contributed by atoms with E-state index in [4.69, 9.17) is 0 Å². The zero-order valence-electron chi connectivity index (χ0n) is 9.38. The standard InChI is InChI=1S/C12H15BrFNO2/c13-7-2-1-3-8-15-12(17)11-9(14)5-4-6-10(11)16/h4-6,16H,1-3,7-8H2,(H,15,17). The molecule has 0 aliphatic carbocycles. The van der Waals surface area contributed by atoms with Gasteiger partial charge >= 0.3 is 0 Å². The highest BCUT2D eigenvalue weighted by Gasteiger charge is 2.15. The molecule has 0 fully saturated rings. The lowest BCUT2D eigenvalue weighted by atomic mass is 10.1. The molecule has 0 saturated carbocycles. The predicted octanol–water partition coefficient (Wildman–Crippen LogP) is 2.83. The molecule has 1 aromatic rings. The third-order valence-corrected chi connectivity index (χ3v) is 2.88. The molecule has 0 unspecified atom stereocenters. The number of phenolic OH excluding ortho intramolecular Hbond substituents is 1. The van der Waals surface area contributed by atoms with Gasteiger partial charge in [0.05, 0.1) is 0 Å². The molecule has 2 N–H and O–H groups in total. The minimum absolute atomic E-state index is 0.284. The molecule has 17 heavy (non-hydrogen) atoms. The van der Waals surface area contributed by atoms with Crippen LogP contribution < -0.4 is 5.32 Å². The number of amides is 1. The summed E-state index contributed by atoms with van der Waals surface area (Å²) in [6, 6.07) is 3.81. The van der Waals surface area contributed by atoms with Crippen molar-refractivity contribution in [3.63, 3.8) is 0 Å². The Labute approximate surface area is 108 Å². The fraction of sp³-hybridized carbons (Fsp3) is 0.417. The summed E-state index contributed by atoms with van der Waals surface area (Å²) in [5.74, 6) is -1.61. The molecule has 0 radical (unpaired) electrons. The van der Waals surface area contributed by atoms with Crippen LogP contribution in [0.4, 0.5) is 4.39 Å². The van der Waals surface area contributed by atoms with Crippen molar-refractivity contribution in [2.24, 2.45) is 0 Å². The fourth-order valence-corrected chi connectivity index (χ4v) is 1.82. The maximum Gasteiger partial charge on any atom is 0.258 e. The van der Waals surface area contributed by atoms with Crippen LogP contribution in [0.3, 0.4) is 0 Å². The average molecular weight is 304 g/mol. The Bertz CT molecular complexity index is 365. The van der Waals surface area contributed by atoms with E-state index in [1.165, 1.54) is 12.1 Å². The van der Waals surface area contributed by atoms with Gasteiger partial charge in [0.1, 0.15) is 17.1 Å². The van der Waals surface area contributed by atoms with Gasteiger partial charge in [-0.1, -0.05) is 28.4 Å². The van der Waals surface area contributed by atoms with Crippen LogP contribution in [0.2, 0.25) is 0 Å². The second kappa shape index (κ2) is 7.27. The normalized spacial score (nSPS) is 10.2. The molecule has 0 bridgehead atoms. The molecular formula is C12H15BrFNO2. The summed E-state index contributed by atoms with van der Waals surface area (Å²) in [6.45, 7) is 0.486. The zero-order chi connectivity index (χ0) is 12.7. The maximum absolute atomic E-state index is 13.3. The number of carbonyl (C=O) groups excluding carboxylic acids is 1. The second-order valence-electron chi connectivity index (χ2n) is 3.64. The van der Waals surface area contributed by atoms with E-state index < -0.39 is 11.7 Å². The number of hydrogen-bond acceptors (Lipinski definition) is 2. The molecule has 3 nitrogen and oxygen atoms in total. The van der Waals surface area contributed by atoms with Crippen molar-refractivity contribution in [3.05, 3.63) is 29.6 Å². The van der Waals surface area contributed by atoms with E-state index in [2.05, 4.69) is 21.2 Å². The van der Waals surface area contributed by atoms with Gasteiger partial charge in [0, 0.05) is 11.9 Å². The SMILES string of the molecule is O=C(NCCCCCBr)c1c(O)cccc1F. The molecule has 0 atom stereocenters. The number of hydrogen-bond donors (Lipinski definition) is 2. The Morgan fingerprint density at radius 1 is 1.35 bits per heavy atom.